The van der Waals surface area contributed by atoms with E-state index in [0.717, 1.165) is 16.6 Å². The van der Waals surface area contributed by atoms with Crippen LogP contribution in [0.15, 0.2) is 22.7 Å². The molecule has 2 nitrogen and oxygen atoms in total. The van der Waals surface area contributed by atoms with E-state index in [0.29, 0.717) is 11.0 Å². The summed E-state index contributed by atoms with van der Waals surface area (Å²) in [5.74, 6) is 0. The van der Waals surface area contributed by atoms with E-state index in [9.17, 15) is 0 Å². The summed E-state index contributed by atoms with van der Waals surface area (Å²) in [7, 11) is 0. The maximum Gasteiger partial charge on any atom is 0.106 e. The third kappa shape index (κ3) is 2.23. The van der Waals surface area contributed by atoms with E-state index >= 15 is 0 Å². The molecule has 0 aromatic heterocycles. The fraction of sp³-hybridized carbons (Fsp3) is 0.417. The third-order valence-corrected chi connectivity index (χ3v) is 3.80. The Kier molecular flexibility index (Phi) is 3.50. The van der Waals surface area contributed by atoms with Crippen molar-refractivity contribution in [2.24, 2.45) is 5.73 Å². The molecule has 2 rings (SSSR count). The second-order valence-electron chi connectivity index (χ2n) is 4.21. The van der Waals surface area contributed by atoms with Crippen molar-refractivity contribution in [3.63, 3.8) is 0 Å². The van der Waals surface area contributed by atoms with Gasteiger partial charge >= 0.3 is 0 Å². The predicted octanol–water partition coefficient (Wildman–Crippen LogP) is 3.07. The van der Waals surface area contributed by atoms with E-state index in [1.807, 2.05) is 12.1 Å². The van der Waals surface area contributed by atoms with Gasteiger partial charge in [0.1, 0.15) is 4.99 Å². The highest BCUT2D eigenvalue weighted by Gasteiger charge is 2.23. The molecule has 1 heterocycles. The quantitative estimate of drug-likeness (QED) is 0.851. The number of rotatable bonds is 2. The number of hydrogen-bond acceptors (Lipinski definition) is 2. The second-order valence-corrected chi connectivity index (χ2v) is 5.57. The highest BCUT2D eigenvalue weighted by atomic mass is 79.9. The van der Waals surface area contributed by atoms with Gasteiger partial charge in [0.15, 0.2) is 0 Å². The number of halogens is 1. The second kappa shape index (κ2) is 4.72. The molecular weight excluding hydrogens is 284 g/mol. The molecule has 1 atom stereocenters. The van der Waals surface area contributed by atoms with Crippen molar-refractivity contribution < 1.29 is 0 Å². The number of nitrogens with zero attached hydrogens (tertiary/aromatic N) is 1. The van der Waals surface area contributed by atoms with Crippen LogP contribution in [0.25, 0.3) is 0 Å². The Labute approximate surface area is 110 Å². The van der Waals surface area contributed by atoms with Gasteiger partial charge in [-0.15, -0.1) is 0 Å². The Morgan fingerprint density at radius 3 is 2.88 bits per heavy atom. The normalized spacial score (nSPS) is 20.1. The first kappa shape index (κ1) is 11.9. The minimum Gasteiger partial charge on any atom is -0.389 e. The Bertz CT molecular complexity index is 419. The standard InChI is InChI=1S/C12H15BrN2S/c1-8-3-2-6-15(8)11-5-4-9(13)7-10(11)12(14)16/h4-5,7-8H,2-3,6H2,1H3,(H2,14,16). The lowest BCUT2D eigenvalue weighted by molar-refractivity contribution is 0.734. The molecule has 1 unspecified atom stereocenters. The van der Waals surface area contributed by atoms with Crippen molar-refractivity contribution in [1.29, 1.82) is 0 Å². The highest BCUT2D eigenvalue weighted by molar-refractivity contribution is 9.10. The average Bonchev–Trinajstić information content (AvgIpc) is 2.64. The molecule has 0 aliphatic carbocycles. The van der Waals surface area contributed by atoms with Gasteiger partial charge in [0.05, 0.1) is 0 Å². The lowest BCUT2D eigenvalue weighted by Crippen LogP contribution is -2.28. The van der Waals surface area contributed by atoms with E-state index in [-0.39, 0.29) is 0 Å². The van der Waals surface area contributed by atoms with E-state index < -0.39 is 0 Å². The minimum atomic E-state index is 0.468. The summed E-state index contributed by atoms with van der Waals surface area (Å²) in [5, 5.41) is 0. The maximum atomic E-state index is 5.78. The zero-order chi connectivity index (χ0) is 11.7. The van der Waals surface area contributed by atoms with Gasteiger partial charge in [-0.25, -0.2) is 0 Å². The molecule has 1 aliphatic heterocycles. The summed E-state index contributed by atoms with van der Waals surface area (Å²) in [6, 6.07) is 6.72. The van der Waals surface area contributed by atoms with Crippen LogP contribution in [0, 0.1) is 0 Å². The Morgan fingerprint density at radius 1 is 1.56 bits per heavy atom. The number of thiocarbonyl (C=S) groups is 1. The van der Waals surface area contributed by atoms with Crippen molar-refractivity contribution in [3.8, 4) is 0 Å². The Hall–Kier alpha value is -0.610. The van der Waals surface area contributed by atoms with Crippen LogP contribution in [0.5, 0.6) is 0 Å². The number of nitrogens with two attached hydrogens (primary N) is 1. The van der Waals surface area contributed by atoms with Crippen LogP contribution in [0.4, 0.5) is 5.69 Å². The fourth-order valence-electron chi connectivity index (χ4n) is 2.25. The van der Waals surface area contributed by atoms with Gasteiger partial charge in [-0.05, 0) is 38.0 Å². The van der Waals surface area contributed by atoms with Crippen LogP contribution in [-0.4, -0.2) is 17.6 Å². The van der Waals surface area contributed by atoms with Crippen molar-refractivity contribution in [1.82, 2.24) is 0 Å². The number of benzene rings is 1. The largest absolute Gasteiger partial charge is 0.389 e. The first-order valence-electron chi connectivity index (χ1n) is 5.45. The molecule has 0 amide bonds. The molecule has 1 aromatic rings. The van der Waals surface area contributed by atoms with E-state index in [1.165, 1.54) is 18.5 Å². The molecule has 1 fully saturated rings. The van der Waals surface area contributed by atoms with Crippen LogP contribution in [0.2, 0.25) is 0 Å². The summed E-state index contributed by atoms with van der Waals surface area (Å²) >= 11 is 8.57. The van der Waals surface area contributed by atoms with Crippen LogP contribution in [0.3, 0.4) is 0 Å². The molecule has 0 spiro atoms. The molecule has 86 valence electrons. The molecule has 1 aliphatic rings. The lowest BCUT2D eigenvalue weighted by atomic mass is 10.1. The molecule has 1 aromatic carbocycles. The molecule has 0 saturated carbocycles. The van der Waals surface area contributed by atoms with Crippen molar-refractivity contribution >= 4 is 38.8 Å². The lowest BCUT2D eigenvalue weighted by Gasteiger charge is -2.26. The number of anilines is 1. The van der Waals surface area contributed by atoms with Crippen LogP contribution >= 0.6 is 28.1 Å². The van der Waals surface area contributed by atoms with Crippen molar-refractivity contribution in [2.75, 3.05) is 11.4 Å². The molecule has 0 radical (unpaired) electrons. The Morgan fingerprint density at radius 2 is 2.31 bits per heavy atom. The predicted molar refractivity (Wildman–Crippen MR) is 76.1 cm³/mol. The van der Waals surface area contributed by atoms with Gasteiger partial charge < -0.3 is 10.6 Å². The van der Waals surface area contributed by atoms with Gasteiger partial charge in [-0.2, -0.15) is 0 Å². The van der Waals surface area contributed by atoms with Crippen LogP contribution in [-0.2, 0) is 0 Å². The molecule has 16 heavy (non-hydrogen) atoms. The fourth-order valence-corrected chi connectivity index (χ4v) is 2.77. The SMILES string of the molecule is CC1CCCN1c1ccc(Br)cc1C(N)=S. The molecule has 4 heteroatoms. The Balaban J connectivity index is 2.43. The summed E-state index contributed by atoms with van der Waals surface area (Å²) in [5.41, 5.74) is 7.92. The van der Waals surface area contributed by atoms with Gasteiger partial charge in [-0.3, -0.25) is 0 Å². The van der Waals surface area contributed by atoms with E-state index in [1.54, 1.807) is 0 Å². The van der Waals surface area contributed by atoms with Gasteiger partial charge in [-0.1, -0.05) is 28.1 Å². The summed E-state index contributed by atoms with van der Waals surface area (Å²) in [4.78, 5) is 2.86. The zero-order valence-electron chi connectivity index (χ0n) is 9.24. The van der Waals surface area contributed by atoms with Crippen molar-refractivity contribution in [2.45, 2.75) is 25.8 Å². The monoisotopic (exact) mass is 298 g/mol. The topological polar surface area (TPSA) is 29.3 Å². The average molecular weight is 299 g/mol. The maximum absolute atomic E-state index is 5.78. The highest BCUT2D eigenvalue weighted by Crippen LogP contribution is 2.30. The van der Waals surface area contributed by atoms with Crippen LogP contribution < -0.4 is 10.6 Å². The summed E-state index contributed by atoms with van der Waals surface area (Å²) in [6.45, 7) is 3.34. The zero-order valence-corrected chi connectivity index (χ0v) is 11.6. The molecule has 0 bridgehead atoms. The molecule has 1 saturated heterocycles. The minimum absolute atomic E-state index is 0.468. The first-order chi connectivity index (χ1) is 7.59. The van der Waals surface area contributed by atoms with E-state index in [2.05, 4.69) is 33.8 Å². The summed E-state index contributed by atoms with van der Waals surface area (Å²) < 4.78 is 1.02. The van der Waals surface area contributed by atoms with Gasteiger partial charge in [0.2, 0.25) is 0 Å². The number of hydrogen-bond donors (Lipinski definition) is 1. The smallest absolute Gasteiger partial charge is 0.106 e. The molecular formula is C12H15BrN2S. The summed E-state index contributed by atoms with van der Waals surface area (Å²) in [6.07, 6.45) is 2.49. The first-order valence-corrected chi connectivity index (χ1v) is 6.65. The van der Waals surface area contributed by atoms with Gasteiger partial charge in [0, 0.05) is 28.3 Å². The van der Waals surface area contributed by atoms with Crippen LogP contribution in [0.1, 0.15) is 25.3 Å². The molecule has 2 N–H and O–H groups in total. The van der Waals surface area contributed by atoms with Gasteiger partial charge in [0.25, 0.3) is 0 Å². The van der Waals surface area contributed by atoms with E-state index in [4.69, 9.17) is 18.0 Å². The van der Waals surface area contributed by atoms with Crippen molar-refractivity contribution in [3.05, 3.63) is 28.2 Å². The third-order valence-electron chi connectivity index (χ3n) is 3.09.